The first-order chi connectivity index (χ1) is 8.36. The monoisotopic (exact) mass is 294 g/mol. The molecule has 1 N–H and O–H groups in total. The largest absolute Gasteiger partial charge is 0.371 e. The van der Waals surface area contributed by atoms with Gasteiger partial charge in [-0.3, -0.25) is 0 Å². The average molecular weight is 295 g/mol. The number of anilines is 1. The molecule has 92 valence electrons. The minimum absolute atomic E-state index is 0.543. The van der Waals surface area contributed by atoms with Crippen LogP contribution < -0.4 is 10.2 Å². The van der Waals surface area contributed by atoms with Crippen molar-refractivity contribution in [2.24, 2.45) is 0 Å². The van der Waals surface area contributed by atoms with Crippen molar-refractivity contribution in [3.63, 3.8) is 0 Å². The van der Waals surface area contributed by atoms with Crippen LogP contribution in [-0.2, 0) is 0 Å². The Kier molecular flexibility index (Phi) is 3.39. The summed E-state index contributed by atoms with van der Waals surface area (Å²) >= 11 is 3.74. The van der Waals surface area contributed by atoms with Crippen LogP contribution in [0.1, 0.15) is 37.3 Å². The molecule has 0 aliphatic carbocycles. The second-order valence-corrected chi connectivity index (χ2v) is 5.87. The van der Waals surface area contributed by atoms with E-state index in [1.807, 2.05) is 0 Å². The predicted octanol–water partition coefficient (Wildman–Crippen LogP) is 3.47. The normalized spacial score (nSPS) is 24.5. The molecule has 0 radical (unpaired) electrons. The van der Waals surface area contributed by atoms with E-state index in [4.69, 9.17) is 0 Å². The smallest absolute Gasteiger partial charge is 0.0426 e. The zero-order valence-corrected chi connectivity index (χ0v) is 11.7. The van der Waals surface area contributed by atoms with E-state index in [0.717, 1.165) is 6.54 Å². The molecule has 0 amide bonds. The molecule has 2 aliphatic rings. The highest BCUT2D eigenvalue weighted by atomic mass is 79.9. The fourth-order valence-corrected chi connectivity index (χ4v) is 3.67. The summed E-state index contributed by atoms with van der Waals surface area (Å²) in [5.74, 6) is 0. The molecule has 0 spiro atoms. The Morgan fingerprint density at radius 1 is 1.18 bits per heavy atom. The van der Waals surface area contributed by atoms with Crippen molar-refractivity contribution >= 4 is 21.6 Å². The first-order valence-electron chi connectivity index (χ1n) is 6.63. The zero-order chi connectivity index (χ0) is 11.7. The van der Waals surface area contributed by atoms with Crippen LogP contribution in [0, 0.1) is 0 Å². The molecule has 17 heavy (non-hydrogen) atoms. The maximum atomic E-state index is 3.74. The van der Waals surface area contributed by atoms with E-state index >= 15 is 0 Å². The van der Waals surface area contributed by atoms with Crippen LogP contribution in [0.2, 0.25) is 0 Å². The number of halogens is 1. The van der Waals surface area contributed by atoms with Crippen molar-refractivity contribution in [3.8, 4) is 0 Å². The van der Waals surface area contributed by atoms with Gasteiger partial charge in [0.2, 0.25) is 0 Å². The Bertz CT molecular complexity index is 393. The van der Waals surface area contributed by atoms with Crippen LogP contribution in [0.15, 0.2) is 22.7 Å². The van der Waals surface area contributed by atoms with Crippen molar-refractivity contribution in [3.05, 3.63) is 28.2 Å². The summed E-state index contributed by atoms with van der Waals surface area (Å²) < 4.78 is 1.27. The molecular formula is C14H19BrN2. The summed E-state index contributed by atoms with van der Waals surface area (Å²) in [4.78, 5) is 2.54. The van der Waals surface area contributed by atoms with E-state index in [1.165, 1.54) is 54.5 Å². The Morgan fingerprint density at radius 3 is 2.71 bits per heavy atom. The van der Waals surface area contributed by atoms with E-state index < -0.39 is 0 Å². The molecular weight excluding hydrogens is 276 g/mol. The van der Waals surface area contributed by atoms with Gasteiger partial charge in [-0.05, 0) is 44.4 Å². The fourth-order valence-electron chi connectivity index (χ4n) is 3.04. The van der Waals surface area contributed by atoms with Crippen LogP contribution in [0.25, 0.3) is 0 Å². The summed E-state index contributed by atoms with van der Waals surface area (Å²) in [7, 11) is 0. The average Bonchev–Trinajstić information content (AvgIpc) is 3.02. The molecule has 1 aromatic rings. The summed E-state index contributed by atoms with van der Waals surface area (Å²) in [5.41, 5.74) is 2.92. The SMILES string of the molecule is Brc1cccc(N2CCCC2)c1C1CCCN1. The van der Waals surface area contributed by atoms with Gasteiger partial charge in [0.15, 0.2) is 0 Å². The lowest BCUT2D eigenvalue weighted by atomic mass is 10.0. The Morgan fingerprint density at radius 2 is 2.00 bits per heavy atom. The van der Waals surface area contributed by atoms with Gasteiger partial charge in [-0.15, -0.1) is 0 Å². The van der Waals surface area contributed by atoms with Crippen molar-refractivity contribution < 1.29 is 0 Å². The first-order valence-corrected chi connectivity index (χ1v) is 7.42. The van der Waals surface area contributed by atoms with Crippen LogP contribution in [0.4, 0.5) is 5.69 Å². The lowest BCUT2D eigenvalue weighted by Crippen LogP contribution is -2.22. The highest BCUT2D eigenvalue weighted by molar-refractivity contribution is 9.10. The molecule has 0 aromatic heterocycles. The number of rotatable bonds is 2. The second kappa shape index (κ2) is 4.99. The third-order valence-electron chi connectivity index (χ3n) is 3.89. The van der Waals surface area contributed by atoms with Crippen molar-refractivity contribution in [1.29, 1.82) is 0 Å². The summed E-state index contributed by atoms with van der Waals surface area (Å²) in [6, 6.07) is 7.16. The van der Waals surface area contributed by atoms with Gasteiger partial charge in [-0.1, -0.05) is 22.0 Å². The van der Waals surface area contributed by atoms with Gasteiger partial charge >= 0.3 is 0 Å². The highest BCUT2D eigenvalue weighted by Crippen LogP contribution is 2.37. The van der Waals surface area contributed by atoms with E-state index in [2.05, 4.69) is 44.3 Å². The number of benzene rings is 1. The lowest BCUT2D eigenvalue weighted by molar-refractivity contribution is 0.642. The molecule has 2 saturated heterocycles. The minimum Gasteiger partial charge on any atom is -0.371 e. The maximum absolute atomic E-state index is 3.74. The van der Waals surface area contributed by atoms with Crippen LogP contribution in [0.3, 0.4) is 0 Å². The molecule has 0 saturated carbocycles. The molecule has 3 rings (SSSR count). The topological polar surface area (TPSA) is 15.3 Å². The third-order valence-corrected chi connectivity index (χ3v) is 4.58. The van der Waals surface area contributed by atoms with Crippen LogP contribution in [0.5, 0.6) is 0 Å². The van der Waals surface area contributed by atoms with E-state index in [1.54, 1.807) is 0 Å². The fraction of sp³-hybridized carbons (Fsp3) is 0.571. The second-order valence-electron chi connectivity index (χ2n) is 5.02. The summed E-state index contributed by atoms with van der Waals surface area (Å²) in [6.45, 7) is 3.60. The lowest BCUT2D eigenvalue weighted by Gasteiger charge is -2.25. The zero-order valence-electron chi connectivity index (χ0n) is 10.1. The molecule has 3 heteroatoms. The number of hydrogen-bond acceptors (Lipinski definition) is 2. The van der Waals surface area contributed by atoms with Gasteiger partial charge in [0.1, 0.15) is 0 Å². The highest BCUT2D eigenvalue weighted by Gasteiger charge is 2.24. The standard InChI is InChI=1S/C14H19BrN2/c15-11-5-3-7-13(17-9-1-2-10-17)14(11)12-6-4-8-16-12/h3,5,7,12,16H,1-2,4,6,8-10H2. The molecule has 0 bridgehead atoms. The van der Waals surface area contributed by atoms with Gasteiger partial charge in [0, 0.05) is 34.9 Å². The number of nitrogens with zero attached hydrogens (tertiary/aromatic N) is 1. The molecule has 1 aromatic carbocycles. The molecule has 1 atom stereocenters. The van der Waals surface area contributed by atoms with Crippen LogP contribution >= 0.6 is 15.9 Å². The third kappa shape index (κ3) is 2.23. The van der Waals surface area contributed by atoms with Gasteiger partial charge in [0.05, 0.1) is 0 Å². The molecule has 1 unspecified atom stereocenters. The summed E-state index contributed by atoms with van der Waals surface area (Å²) in [6.07, 6.45) is 5.24. The van der Waals surface area contributed by atoms with E-state index in [0.29, 0.717) is 6.04 Å². The Hall–Kier alpha value is -0.540. The van der Waals surface area contributed by atoms with Crippen molar-refractivity contribution in [2.45, 2.75) is 31.7 Å². The molecule has 2 heterocycles. The molecule has 2 nitrogen and oxygen atoms in total. The first kappa shape index (κ1) is 11.5. The van der Waals surface area contributed by atoms with Gasteiger partial charge in [-0.2, -0.15) is 0 Å². The maximum Gasteiger partial charge on any atom is 0.0426 e. The van der Waals surface area contributed by atoms with E-state index in [9.17, 15) is 0 Å². The quantitative estimate of drug-likeness (QED) is 0.898. The van der Waals surface area contributed by atoms with Gasteiger partial charge < -0.3 is 10.2 Å². The number of nitrogens with one attached hydrogen (secondary N) is 1. The predicted molar refractivity (Wildman–Crippen MR) is 75.6 cm³/mol. The van der Waals surface area contributed by atoms with Crippen LogP contribution in [-0.4, -0.2) is 19.6 Å². The Balaban J connectivity index is 1.98. The molecule has 2 aliphatic heterocycles. The van der Waals surface area contributed by atoms with E-state index in [-0.39, 0.29) is 0 Å². The van der Waals surface area contributed by atoms with Gasteiger partial charge in [0.25, 0.3) is 0 Å². The van der Waals surface area contributed by atoms with Crippen molar-refractivity contribution in [2.75, 3.05) is 24.5 Å². The minimum atomic E-state index is 0.543. The Labute approximate surface area is 112 Å². The summed E-state index contributed by atoms with van der Waals surface area (Å²) in [5, 5.41) is 3.62. The van der Waals surface area contributed by atoms with Crippen molar-refractivity contribution in [1.82, 2.24) is 5.32 Å². The molecule has 2 fully saturated rings. The van der Waals surface area contributed by atoms with Gasteiger partial charge in [-0.25, -0.2) is 0 Å². The number of hydrogen-bond donors (Lipinski definition) is 1.